The molecule has 1 N–H and O–H groups in total. The number of carbonyl (C=O) groups is 1. The second-order valence-corrected chi connectivity index (χ2v) is 5.14. The lowest BCUT2D eigenvalue weighted by Crippen LogP contribution is -2.48. The summed E-state index contributed by atoms with van der Waals surface area (Å²) in [5, 5.41) is 3.03. The van der Waals surface area contributed by atoms with Gasteiger partial charge < -0.3 is 15.1 Å². The molecule has 1 fully saturated rings. The highest BCUT2D eigenvalue weighted by molar-refractivity contribution is 5.74. The van der Waals surface area contributed by atoms with Gasteiger partial charge in [0.25, 0.3) is 0 Å². The van der Waals surface area contributed by atoms with Crippen LogP contribution in [0.1, 0.15) is 39.0 Å². The fraction of sp³-hybridized carbons (Fsp3) is 0.923. The Morgan fingerprint density at radius 1 is 1.41 bits per heavy atom. The number of urea groups is 1. The summed E-state index contributed by atoms with van der Waals surface area (Å²) in [6.07, 6.45) is 5.68. The molecule has 1 saturated heterocycles. The van der Waals surface area contributed by atoms with Gasteiger partial charge in [-0.15, -0.1) is 0 Å². The van der Waals surface area contributed by atoms with Crippen molar-refractivity contribution in [3.63, 3.8) is 0 Å². The third-order valence-electron chi connectivity index (χ3n) is 3.42. The van der Waals surface area contributed by atoms with Crippen LogP contribution >= 0.6 is 0 Å². The van der Waals surface area contributed by atoms with Crippen LogP contribution in [0.3, 0.4) is 0 Å². The number of hydrogen-bond acceptors (Lipinski definition) is 2. The lowest BCUT2D eigenvalue weighted by molar-refractivity contribution is 0.148. The van der Waals surface area contributed by atoms with E-state index in [1.807, 2.05) is 4.90 Å². The minimum Gasteiger partial charge on any atom is -0.338 e. The summed E-state index contributed by atoms with van der Waals surface area (Å²) >= 11 is 0. The van der Waals surface area contributed by atoms with E-state index in [2.05, 4.69) is 31.2 Å². The lowest BCUT2D eigenvalue weighted by Gasteiger charge is -2.35. The summed E-state index contributed by atoms with van der Waals surface area (Å²) in [6.45, 7) is 4.90. The van der Waals surface area contributed by atoms with Gasteiger partial charge in [0.1, 0.15) is 0 Å². The maximum Gasteiger partial charge on any atom is 0.317 e. The van der Waals surface area contributed by atoms with Crippen LogP contribution < -0.4 is 5.32 Å². The highest BCUT2D eigenvalue weighted by atomic mass is 16.2. The topological polar surface area (TPSA) is 35.6 Å². The average molecular weight is 241 g/mol. The molecule has 0 aromatic heterocycles. The van der Waals surface area contributed by atoms with E-state index in [-0.39, 0.29) is 6.03 Å². The Kier molecular flexibility index (Phi) is 6.34. The lowest BCUT2D eigenvalue weighted by atomic mass is 10.0. The molecular formula is C13H27N3O. The van der Waals surface area contributed by atoms with Crippen molar-refractivity contribution >= 4 is 6.03 Å². The van der Waals surface area contributed by atoms with Crippen molar-refractivity contribution in [1.29, 1.82) is 0 Å². The number of piperidine rings is 1. The summed E-state index contributed by atoms with van der Waals surface area (Å²) in [6, 6.07) is 0.591. The van der Waals surface area contributed by atoms with E-state index in [0.29, 0.717) is 6.04 Å². The van der Waals surface area contributed by atoms with E-state index in [0.717, 1.165) is 38.9 Å². The number of rotatable bonds is 5. The molecule has 1 atom stereocenters. The summed E-state index contributed by atoms with van der Waals surface area (Å²) in [5.41, 5.74) is 0. The molecule has 0 bridgehead atoms. The number of nitrogens with zero attached hydrogens (tertiary/aromatic N) is 2. The van der Waals surface area contributed by atoms with Gasteiger partial charge in [-0.25, -0.2) is 4.79 Å². The van der Waals surface area contributed by atoms with E-state index >= 15 is 0 Å². The van der Waals surface area contributed by atoms with E-state index < -0.39 is 0 Å². The molecule has 0 aliphatic carbocycles. The largest absolute Gasteiger partial charge is 0.338 e. The van der Waals surface area contributed by atoms with Crippen LogP contribution in [-0.2, 0) is 0 Å². The maximum absolute atomic E-state index is 12.0. The predicted octanol–water partition coefficient (Wildman–Crippen LogP) is 1.91. The Morgan fingerprint density at radius 3 is 2.82 bits per heavy atom. The van der Waals surface area contributed by atoms with E-state index in [1.165, 1.54) is 12.8 Å². The normalized spacial score (nSPS) is 20.7. The third kappa shape index (κ3) is 4.94. The molecule has 1 rings (SSSR count). The molecule has 17 heavy (non-hydrogen) atoms. The first-order valence-corrected chi connectivity index (χ1v) is 6.84. The van der Waals surface area contributed by atoms with Gasteiger partial charge in [0.05, 0.1) is 0 Å². The van der Waals surface area contributed by atoms with Gasteiger partial charge in [-0.05, 0) is 52.7 Å². The van der Waals surface area contributed by atoms with Gasteiger partial charge in [0.2, 0.25) is 0 Å². The number of carbonyl (C=O) groups excluding carboxylic acids is 1. The minimum atomic E-state index is 0.135. The van der Waals surface area contributed by atoms with Crippen LogP contribution in [-0.4, -0.2) is 55.6 Å². The average Bonchev–Trinajstić information content (AvgIpc) is 2.34. The molecule has 0 aromatic carbocycles. The van der Waals surface area contributed by atoms with Crippen molar-refractivity contribution in [3.8, 4) is 0 Å². The molecule has 0 saturated carbocycles. The molecule has 1 aliphatic rings. The Balaban J connectivity index is 2.25. The molecule has 1 aliphatic heterocycles. The number of likely N-dealkylation sites (tertiary alicyclic amines) is 1. The van der Waals surface area contributed by atoms with Crippen LogP contribution in [0.2, 0.25) is 0 Å². The van der Waals surface area contributed by atoms with Crippen molar-refractivity contribution < 1.29 is 4.79 Å². The highest BCUT2D eigenvalue weighted by Crippen LogP contribution is 2.19. The van der Waals surface area contributed by atoms with E-state index in [4.69, 9.17) is 0 Å². The molecular weight excluding hydrogens is 214 g/mol. The Bertz CT molecular complexity index is 231. The summed E-state index contributed by atoms with van der Waals surface area (Å²) in [7, 11) is 4.11. The maximum atomic E-state index is 12.0. The van der Waals surface area contributed by atoms with E-state index in [9.17, 15) is 4.79 Å². The monoisotopic (exact) mass is 241 g/mol. The second kappa shape index (κ2) is 7.54. The zero-order valence-corrected chi connectivity index (χ0v) is 11.5. The fourth-order valence-corrected chi connectivity index (χ4v) is 2.38. The van der Waals surface area contributed by atoms with Crippen LogP contribution in [0, 0.1) is 0 Å². The van der Waals surface area contributed by atoms with Crippen LogP contribution in [0.5, 0.6) is 0 Å². The first-order chi connectivity index (χ1) is 8.15. The van der Waals surface area contributed by atoms with Crippen LogP contribution in [0.4, 0.5) is 4.79 Å². The smallest absolute Gasteiger partial charge is 0.317 e. The molecule has 1 heterocycles. The zero-order valence-electron chi connectivity index (χ0n) is 11.5. The fourth-order valence-electron chi connectivity index (χ4n) is 2.38. The quantitative estimate of drug-likeness (QED) is 0.746. The summed E-state index contributed by atoms with van der Waals surface area (Å²) < 4.78 is 0. The molecule has 0 aromatic rings. The zero-order chi connectivity index (χ0) is 12.7. The second-order valence-electron chi connectivity index (χ2n) is 5.14. The van der Waals surface area contributed by atoms with Gasteiger partial charge in [-0.2, -0.15) is 0 Å². The summed E-state index contributed by atoms with van der Waals surface area (Å²) in [4.78, 5) is 16.2. The molecule has 2 amide bonds. The molecule has 0 spiro atoms. The standard InChI is InChI=1S/C13H27N3O/c1-4-12-8-5-6-11-16(12)13(17)14-9-7-10-15(2)3/h12H,4-11H2,1-3H3,(H,14,17). The Morgan fingerprint density at radius 2 is 2.18 bits per heavy atom. The molecule has 1 unspecified atom stereocenters. The molecule has 4 heteroatoms. The minimum absolute atomic E-state index is 0.135. The molecule has 4 nitrogen and oxygen atoms in total. The third-order valence-corrected chi connectivity index (χ3v) is 3.42. The van der Waals surface area contributed by atoms with Crippen molar-refractivity contribution in [3.05, 3.63) is 0 Å². The number of amides is 2. The van der Waals surface area contributed by atoms with Crippen LogP contribution in [0.15, 0.2) is 0 Å². The van der Waals surface area contributed by atoms with Gasteiger partial charge in [0, 0.05) is 19.1 Å². The van der Waals surface area contributed by atoms with Gasteiger partial charge in [0.15, 0.2) is 0 Å². The van der Waals surface area contributed by atoms with Gasteiger partial charge in [-0.1, -0.05) is 6.92 Å². The van der Waals surface area contributed by atoms with Crippen LogP contribution in [0.25, 0.3) is 0 Å². The molecule has 0 radical (unpaired) electrons. The van der Waals surface area contributed by atoms with Crippen molar-refractivity contribution in [2.24, 2.45) is 0 Å². The number of hydrogen-bond donors (Lipinski definition) is 1. The summed E-state index contributed by atoms with van der Waals surface area (Å²) in [5.74, 6) is 0. The van der Waals surface area contributed by atoms with Crippen molar-refractivity contribution in [1.82, 2.24) is 15.1 Å². The van der Waals surface area contributed by atoms with Crippen molar-refractivity contribution in [2.45, 2.75) is 45.1 Å². The Hall–Kier alpha value is -0.770. The van der Waals surface area contributed by atoms with E-state index in [1.54, 1.807) is 0 Å². The SMILES string of the molecule is CCC1CCCCN1C(=O)NCCCN(C)C. The Labute approximate surface area is 105 Å². The van der Waals surface area contributed by atoms with Gasteiger partial charge in [-0.3, -0.25) is 0 Å². The van der Waals surface area contributed by atoms with Crippen molar-refractivity contribution in [2.75, 3.05) is 33.7 Å². The number of nitrogens with one attached hydrogen (secondary N) is 1. The highest BCUT2D eigenvalue weighted by Gasteiger charge is 2.24. The van der Waals surface area contributed by atoms with Gasteiger partial charge >= 0.3 is 6.03 Å². The first-order valence-electron chi connectivity index (χ1n) is 6.84. The molecule has 100 valence electrons. The first kappa shape index (κ1) is 14.3. The predicted molar refractivity (Wildman–Crippen MR) is 71.2 cm³/mol.